The third-order valence-corrected chi connectivity index (χ3v) is 4.29. The van der Waals surface area contributed by atoms with Gasteiger partial charge in [-0.3, -0.25) is 4.79 Å². The molecule has 0 aliphatic rings. The first-order valence-corrected chi connectivity index (χ1v) is 6.91. The maximum Gasteiger partial charge on any atom is 0.416 e. The molecular weight excluding hydrogens is 325 g/mol. The molecular formula is C13H6ClF3N2OS. The Bertz CT molecular complexity index is 885. The van der Waals surface area contributed by atoms with Gasteiger partial charge in [0.15, 0.2) is 0 Å². The second-order valence-electron chi connectivity index (χ2n) is 4.23. The molecule has 0 aliphatic carbocycles. The Kier molecular flexibility index (Phi) is 3.26. The first-order valence-electron chi connectivity index (χ1n) is 5.71. The topological polar surface area (TPSA) is 45.8 Å². The molecule has 0 saturated heterocycles. The molecule has 0 aliphatic heterocycles. The van der Waals surface area contributed by atoms with Crippen molar-refractivity contribution < 1.29 is 13.2 Å². The maximum atomic E-state index is 12.7. The Labute approximate surface area is 125 Å². The zero-order valence-electron chi connectivity index (χ0n) is 10.2. The Morgan fingerprint density at radius 2 is 2.00 bits per heavy atom. The summed E-state index contributed by atoms with van der Waals surface area (Å²) in [5.41, 5.74) is -0.607. The lowest BCUT2D eigenvalue weighted by Crippen LogP contribution is -2.05. The van der Waals surface area contributed by atoms with Gasteiger partial charge in [-0.2, -0.15) is 13.2 Å². The van der Waals surface area contributed by atoms with Crippen LogP contribution in [0.3, 0.4) is 0 Å². The number of thiazole rings is 1. The van der Waals surface area contributed by atoms with Gasteiger partial charge in [0.2, 0.25) is 0 Å². The number of aromatic amines is 1. The van der Waals surface area contributed by atoms with Crippen molar-refractivity contribution in [3.63, 3.8) is 0 Å². The molecule has 2 aromatic heterocycles. The van der Waals surface area contributed by atoms with E-state index in [1.54, 1.807) is 6.07 Å². The zero-order chi connectivity index (χ0) is 15.2. The third-order valence-electron chi connectivity index (χ3n) is 2.85. The summed E-state index contributed by atoms with van der Waals surface area (Å²) in [6, 6.07) is 4.91. The number of pyridine rings is 1. The second-order valence-corrected chi connectivity index (χ2v) is 5.64. The van der Waals surface area contributed by atoms with E-state index in [9.17, 15) is 18.0 Å². The summed E-state index contributed by atoms with van der Waals surface area (Å²) >= 11 is 7.08. The van der Waals surface area contributed by atoms with Gasteiger partial charge in [-0.1, -0.05) is 11.6 Å². The van der Waals surface area contributed by atoms with Crippen molar-refractivity contribution in [1.82, 2.24) is 9.97 Å². The summed E-state index contributed by atoms with van der Waals surface area (Å²) in [5.74, 6) is 0. The summed E-state index contributed by atoms with van der Waals surface area (Å²) in [5, 5.41) is 0.369. The summed E-state index contributed by atoms with van der Waals surface area (Å²) in [4.78, 5) is 18.0. The highest BCUT2D eigenvalue weighted by Gasteiger charge is 2.30. The lowest BCUT2D eigenvalue weighted by molar-refractivity contribution is -0.137. The molecule has 108 valence electrons. The Morgan fingerprint density at radius 3 is 2.71 bits per heavy atom. The maximum absolute atomic E-state index is 12.7. The first-order chi connectivity index (χ1) is 9.86. The van der Waals surface area contributed by atoms with E-state index in [0.29, 0.717) is 15.3 Å². The number of fused-ring (bicyclic) bond motifs is 1. The highest BCUT2D eigenvalue weighted by atomic mass is 35.5. The van der Waals surface area contributed by atoms with Gasteiger partial charge in [0, 0.05) is 11.8 Å². The van der Waals surface area contributed by atoms with Crippen LogP contribution in [0.1, 0.15) is 5.56 Å². The van der Waals surface area contributed by atoms with Gasteiger partial charge in [0.05, 0.1) is 15.8 Å². The molecule has 3 nitrogen and oxygen atoms in total. The van der Waals surface area contributed by atoms with Gasteiger partial charge in [0.1, 0.15) is 10.0 Å². The fourth-order valence-electron chi connectivity index (χ4n) is 1.84. The van der Waals surface area contributed by atoms with Crippen LogP contribution in [0.2, 0.25) is 5.02 Å². The number of nitrogens with one attached hydrogen (secondary N) is 1. The Balaban J connectivity index is 2.18. The van der Waals surface area contributed by atoms with E-state index < -0.39 is 17.3 Å². The fraction of sp³-hybridized carbons (Fsp3) is 0.0769. The summed E-state index contributed by atoms with van der Waals surface area (Å²) in [6.45, 7) is 0. The Hall–Kier alpha value is -1.86. The number of hydrogen-bond donors (Lipinski definition) is 1. The van der Waals surface area contributed by atoms with Gasteiger partial charge in [0.25, 0.3) is 5.56 Å². The van der Waals surface area contributed by atoms with Gasteiger partial charge < -0.3 is 4.98 Å². The lowest BCUT2D eigenvalue weighted by atomic mass is 10.2. The van der Waals surface area contributed by atoms with E-state index in [4.69, 9.17) is 11.6 Å². The number of hydrogen-bond acceptors (Lipinski definition) is 3. The average molecular weight is 331 g/mol. The first kappa shape index (κ1) is 14.1. The molecule has 0 unspecified atom stereocenters. The number of nitrogens with zero attached hydrogens (tertiary/aromatic N) is 1. The van der Waals surface area contributed by atoms with Crippen molar-refractivity contribution in [2.75, 3.05) is 0 Å². The third kappa shape index (κ3) is 2.54. The zero-order valence-corrected chi connectivity index (χ0v) is 11.7. The summed E-state index contributed by atoms with van der Waals surface area (Å²) < 4.78 is 38.6. The van der Waals surface area contributed by atoms with Gasteiger partial charge in [-0.05, 0) is 24.3 Å². The monoisotopic (exact) mass is 330 g/mol. The molecule has 1 N–H and O–H groups in total. The summed E-state index contributed by atoms with van der Waals surface area (Å²) in [6.07, 6.45) is -3.00. The quantitative estimate of drug-likeness (QED) is 0.722. The van der Waals surface area contributed by atoms with E-state index in [1.165, 1.54) is 23.6 Å². The van der Waals surface area contributed by atoms with E-state index in [0.717, 1.165) is 12.1 Å². The molecule has 0 radical (unpaired) electrons. The molecule has 1 aromatic carbocycles. The fourth-order valence-corrected chi connectivity index (χ4v) is 3.08. The highest BCUT2D eigenvalue weighted by Crippen LogP contribution is 2.36. The van der Waals surface area contributed by atoms with Crippen LogP contribution in [0, 0.1) is 0 Å². The highest BCUT2D eigenvalue weighted by molar-refractivity contribution is 7.21. The standard InChI is InChI=1S/C13H6ClF3N2OS/c14-10-7(3-4-18-11(10)20)12-19-8-5-6(13(15,16)17)1-2-9(8)21-12/h1-5H,(H,18,20). The average Bonchev–Trinajstić information content (AvgIpc) is 2.83. The summed E-state index contributed by atoms with van der Waals surface area (Å²) in [7, 11) is 0. The van der Waals surface area contributed by atoms with Crippen molar-refractivity contribution in [3.8, 4) is 10.6 Å². The minimum Gasteiger partial charge on any atom is -0.328 e. The van der Waals surface area contributed by atoms with Crippen LogP contribution in [0.25, 0.3) is 20.8 Å². The van der Waals surface area contributed by atoms with Crippen LogP contribution in [0.5, 0.6) is 0 Å². The van der Waals surface area contributed by atoms with Crippen molar-refractivity contribution in [2.45, 2.75) is 6.18 Å². The Morgan fingerprint density at radius 1 is 1.24 bits per heavy atom. The molecule has 3 aromatic rings. The predicted molar refractivity (Wildman–Crippen MR) is 75.7 cm³/mol. The molecule has 2 heterocycles. The molecule has 8 heteroatoms. The van der Waals surface area contributed by atoms with Crippen LogP contribution < -0.4 is 5.56 Å². The van der Waals surface area contributed by atoms with E-state index in [1.807, 2.05) is 0 Å². The number of halogens is 4. The number of rotatable bonds is 1. The molecule has 0 spiro atoms. The molecule has 0 bridgehead atoms. The molecule has 3 rings (SSSR count). The van der Waals surface area contributed by atoms with Gasteiger partial charge in [-0.25, -0.2) is 4.98 Å². The molecule has 0 amide bonds. The van der Waals surface area contributed by atoms with Crippen LogP contribution in [-0.4, -0.2) is 9.97 Å². The number of aromatic nitrogens is 2. The molecule has 0 atom stereocenters. The number of alkyl halides is 3. The van der Waals surface area contributed by atoms with Gasteiger partial charge >= 0.3 is 6.18 Å². The largest absolute Gasteiger partial charge is 0.416 e. The lowest BCUT2D eigenvalue weighted by Gasteiger charge is -2.04. The molecule has 21 heavy (non-hydrogen) atoms. The van der Waals surface area contributed by atoms with Crippen LogP contribution in [-0.2, 0) is 6.18 Å². The van der Waals surface area contributed by atoms with E-state index in [-0.39, 0.29) is 10.5 Å². The number of benzene rings is 1. The van der Waals surface area contributed by atoms with Gasteiger partial charge in [-0.15, -0.1) is 11.3 Å². The van der Waals surface area contributed by atoms with Crippen LogP contribution in [0.15, 0.2) is 35.3 Å². The van der Waals surface area contributed by atoms with Crippen molar-refractivity contribution in [2.24, 2.45) is 0 Å². The van der Waals surface area contributed by atoms with Crippen molar-refractivity contribution in [1.29, 1.82) is 0 Å². The molecule has 0 saturated carbocycles. The van der Waals surface area contributed by atoms with Crippen LogP contribution in [0.4, 0.5) is 13.2 Å². The predicted octanol–water partition coefficient (Wildman–Crippen LogP) is 4.32. The van der Waals surface area contributed by atoms with E-state index in [2.05, 4.69) is 9.97 Å². The second kappa shape index (κ2) is 4.85. The molecule has 0 fully saturated rings. The minimum atomic E-state index is -4.42. The number of H-pyrrole nitrogens is 1. The van der Waals surface area contributed by atoms with Crippen molar-refractivity contribution in [3.05, 3.63) is 51.4 Å². The smallest absolute Gasteiger partial charge is 0.328 e. The SMILES string of the molecule is O=c1[nH]ccc(-c2nc3cc(C(F)(F)F)ccc3s2)c1Cl. The minimum absolute atomic E-state index is 0.0346. The van der Waals surface area contributed by atoms with Crippen LogP contribution >= 0.6 is 22.9 Å². The van der Waals surface area contributed by atoms with Crippen molar-refractivity contribution >= 4 is 33.2 Å². The normalized spacial score (nSPS) is 12.0. The van der Waals surface area contributed by atoms with E-state index >= 15 is 0 Å².